The molecule has 1 saturated heterocycles. The third-order valence-corrected chi connectivity index (χ3v) is 3.75. The molecule has 0 aliphatic carbocycles. The van der Waals surface area contributed by atoms with Crippen LogP contribution in [0.2, 0.25) is 0 Å². The highest BCUT2D eigenvalue weighted by atomic mass is 15.1. The Labute approximate surface area is 114 Å². The minimum atomic E-state index is 0.849. The molecule has 0 amide bonds. The minimum Gasteiger partial charge on any atom is -0.371 e. The number of aromatic nitrogens is 1. The van der Waals surface area contributed by atoms with Crippen molar-refractivity contribution in [3.8, 4) is 0 Å². The number of hydrogen-bond acceptors (Lipinski definition) is 3. The van der Waals surface area contributed by atoms with E-state index in [1.54, 1.807) is 0 Å². The van der Waals surface area contributed by atoms with Crippen LogP contribution >= 0.6 is 0 Å². The highest BCUT2D eigenvalue weighted by Gasteiger charge is 2.16. The fourth-order valence-corrected chi connectivity index (χ4v) is 2.77. The summed E-state index contributed by atoms with van der Waals surface area (Å²) in [4.78, 5) is 7.26. The molecular formula is C16H21N3. The first-order valence-corrected chi connectivity index (χ1v) is 7.23. The molecule has 0 atom stereocenters. The molecule has 0 saturated carbocycles. The summed E-state index contributed by atoms with van der Waals surface area (Å²) in [5, 5.41) is 4.65. The first-order chi connectivity index (χ1) is 9.38. The number of benzene rings is 1. The van der Waals surface area contributed by atoms with Crippen molar-refractivity contribution in [2.45, 2.75) is 26.3 Å². The number of pyridine rings is 1. The average molecular weight is 255 g/mol. The number of anilines is 1. The number of para-hydroxylation sites is 1. The average Bonchev–Trinajstić information content (AvgIpc) is 2.98. The molecule has 2 heterocycles. The van der Waals surface area contributed by atoms with Crippen LogP contribution in [0, 0.1) is 0 Å². The molecule has 1 aromatic carbocycles. The van der Waals surface area contributed by atoms with Gasteiger partial charge in [-0.1, -0.05) is 25.1 Å². The Morgan fingerprint density at radius 2 is 2.00 bits per heavy atom. The van der Waals surface area contributed by atoms with Gasteiger partial charge in [-0.25, -0.2) is 0 Å². The van der Waals surface area contributed by atoms with E-state index in [-0.39, 0.29) is 0 Å². The minimum absolute atomic E-state index is 0.849. The number of nitrogens with one attached hydrogen (secondary N) is 1. The maximum Gasteiger partial charge on any atom is 0.0726 e. The second-order valence-electron chi connectivity index (χ2n) is 5.12. The summed E-state index contributed by atoms with van der Waals surface area (Å²) in [5.74, 6) is 0. The Bertz CT molecular complexity index is 559. The van der Waals surface area contributed by atoms with E-state index in [1.807, 2.05) is 0 Å². The molecule has 1 aromatic heterocycles. The first-order valence-electron chi connectivity index (χ1n) is 7.23. The van der Waals surface area contributed by atoms with Crippen molar-refractivity contribution in [1.29, 1.82) is 0 Å². The Morgan fingerprint density at radius 1 is 1.21 bits per heavy atom. The number of fused-ring (bicyclic) bond motifs is 1. The van der Waals surface area contributed by atoms with Crippen LogP contribution in [-0.2, 0) is 6.54 Å². The molecule has 1 aliphatic rings. The van der Waals surface area contributed by atoms with Crippen LogP contribution < -0.4 is 10.2 Å². The van der Waals surface area contributed by atoms with E-state index < -0.39 is 0 Å². The van der Waals surface area contributed by atoms with E-state index >= 15 is 0 Å². The summed E-state index contributed by atoms with van der Waals surface area (Å²) >= 11 is 0. The van der Waals surface area contributed by atoms with Crippen LogP contribution in [0.25, 0.3) is 10.9 Å². The monoisotopic (exact) mass is 255 g/mol. The maximum atomic E-state index is 4.76. The number of rotatable bonds is 4. The lowest BCUT2D eigenvalue weighted by molar-refractivity contribution is 0.713. The van der Waals surface area contributed by atoms with Gasteiger partial charge in [-0.15, -0.1) is 0 Å². The zero-order valence-corrected chi connectivity index (χ0v) is 11.5. The third kappa shape index (κ3) is 2.56. The van der Waals surface area contributed by atoms with Gasteiger partial charge in [0.05, 0.1) is 11.2 Å². The van der Waals surface area contributed by atoms with Crippen molar-refractivity contribution in [1.82, 2.24) is 10.3 Å². The summed E-state index contributed by atoms with van der Waals surface area (Å²) in [5.41, 5.74) is 3.61. The van der Waals surface area contributed by atoms with E-state index in [0.717, 1.165) is 24.3 Å². The molecule has 3 nitrogen and oxygen atoms in total. The predicted octanol–water partition coefficient (Wildman–Crippen LogP) is 2.94. The largest absolute Gasteiger partial charge is 0.371 e. The highest BCUT2D eigenvalue weighted by Crippen LogP contribution is 2.29. The molecule has 0 radical (unpaired) electrons. The fraction of sp³-hybridized carbons (Fsp3) is 0.438. The van der Waals surface area contributed by atoms with Crippen molar-refractivity contribution in [2.24, 2.45) is 0 Å². The zero-order chi connectivity index (χ0) is 13.1. The standard InChI is InChI=1S/C16H21N3/c1-2-17-12-13-11-16(19-9-5-6-10-19)14-7-3-4-8-15(14)18-13/h3-4,7-8,11,17H,2,5-6,9-10,12H2,1H3. The zero-order valence-electron chi connectivity index (χ0n) is 11.5. The normalized spacial score (nSPS) is 15.3. The van der Waals surface area contributed by atoms with Gasteiger partial charge in [-0.05, 0) is 31.5 Å². The number of nitrogens with zero attached hydrogens (tertiary/aromatic N) is 2. The van der Waals surface area contributed by atoms with Gasteiger partial charge in [0.15, 0.2) is 0 Å². The lowest BCUT2D eigenvalue weighted by Crippen LogP contribution is -2.19. The second kappa shape index (κ2) is 5.57. The van der Waals surface area contributed by atoms with Gasteiger partial charge >= 0.3 is 0 Å². The van der Waals surface area contributed by atoms with Crippen molar-refractivity contribution in [3.05, 3.63) is 36.0 Å². The van der Waals surface area contributed by atoms with E-state index in [9.17, 15) is 0 Å². The predicted molar refractivity (Wildman–Crippen MR) is 80.6 cm³/mol. The van der Waals surface area contributed by atoms with Gasteiger partial charge in [-0.2, -0.15) is 0 Å². The molecule has 100 valence electrons. The Balaban J connectivity index is 2.05. The van der Waals surface area contributed by atoms with E-state index in [4.69, 9.17) is 4.98 Å². The van der Waals surface area contributed by atoms with E-state index in [2.05, 4.69) is 47.5 Å². The van der Waals surface area contributed by atoms with Gasteiger partial charge in [0.25, 0.3) is 0 Å². The summed E-state index contributed by atoms with van der Waals surface area (Å²) in [6.07, 6.45) is 2.61. The molecule has 1 fully saturated rings. The van der Waals surface area contributed by atoms with Crippen molar-refractivity contribution >= 4 is 16.6 Å². The lowest BCUT2D eigenvalue weighted by atomic mass is 10.1. The summed E-state index contributed by atoms with van der Waals surface area (Å²) in [6, 6.07) is 10.7. The van der Waals surface area contributed by atoms with Crippen LogP contribution in [0.4, 0.5) is 5.69 Å². The van der Waals surface area contributed by atoms with Gasteiger partial charge < -0.3 is 10.2 Å². The van der Waals surface area contributed by atoms with Gasteiger partial charge in [-0.3, -0.25) is 4.98 Å². The Morgan fingerprint density at radius 3 is 2.79 bits per heavy atom. The van der Waals surface area contributed by atoms with Crippen molar-refractivity contribution in [3.63, 3.8) is 0 Å². The quantitative estimate of drug-likeness (QED) is 0.910. The summed E-state index contributed by atoms with van der Waals surface area (Å²) in [7, 11) is 0. The second-order valence-corrected chi connectivity index (χ2v) is 5.12. The molecule has 0 unspecified atom stereocenters. The van der Waals surface area contributed by atoms with Gasteiger partial charge in [0.2, 0.25) is 0 Å². The topological polar surface area (TPSA) is 28.2 Å². The molecular weight excluding hydrogens is 234 g/mol. The van der Waals surface area contributed by atoms with Crippen LogP contribution in [0.5, 0.6) is 0 Å². The summed E-state index contributed by atoms with van der Waals surface area (Å²) < 4.78 is 0. The molecule has 0 spiro atoms. The lowest BCUT2D eigenvalue weighted by Gasteiger charge is -2.20. The van der Waals surface area contributed by atoms with Crippen LogP contribution in [-0.4, -0.2) is 24.6 Å². The summed E-state index contributed by atoms with van der Waals surface area (Å²) in [6.45, 7) is 6.31. The molecule has 0 bridgehead atoms. The third-order valence-electron chi connectivity index (χ3n) is 3.75. The van der Waals surface area contributed by atoms with Crippen LogP contribution in [0.15, 0.2) is 30.3 Å². The Hall–Kier alpha value is -1.61. The van der Waals surface area contributed by atoms with Crippen molar-refractivity contribution in [2.75, 3.05) is 24.5 Å². The Kier molecular flexibility index (Phi) is 3.65. The molecule has 3 heteroatoms. The van der Waals surface area contributed by atoms with Gasteiger partial charge in [0.1, 0.15) is 0 Å². The number of hydrogen-bond donors (Lipinski definition) is 1. The van der Waals surface area contributed by atoms with Crippen LogP contribution in [0.3, 0.4) is 0 Å². The highest BCUT2D eigenvalue weighted by molar-refractivity contribution is 5.92. The van der Waals surface area contributed by atoms with Crippen molar-refractivity contribution < 1.29 is 0 Å². The van der Waals surface area contributed by atoms with Gasteiger partial charge in [0, 0.05) is 30.7 Å². The molecule has 1 N–H and O–H groups in total. The molecule has 1 aliphatic heterocycles. The SMILES string of the molecule is CCNCc1cc(N2CCCC2)c2ccccc2n1. The fourth-order valence-electron chi connectivity index (χ4n) is 2.77. The van der Waals surface area contributed by atoms with E-state index in [0.29, 0.717) is 0 Å². The first kappa shape index (κ1) is 12.4. The smallest absolute Gasteiger partial charge is 0.0726 e. The van der Waals surface area contributed by atoms with E-state index in [1.165, 1.54) is 37.0 Å². The van der Waals surface area contributed by atoms with Crippen LogP contribution in [0.1, 0.15) is 25.5 Å². The molecule has 2 aromatic rings. The molecule has 19 heavy (non-hydrogen) atoms. The molecule has 3 rings (SSSR count). The maximum absolute atomic E-state index is 4.76.